The smallest absolute Gasteiger partial charge is 0.166 e. The van der Waals surface area contributed by atoms with Gasteiger partial charge in [0.1, 0.15) is 0 Å². The summed E-state index contributed by atoms with van der Waals surface area (Å²) in [5.74, 6) is 0. The molecular weight excluding hydrogens is 366 g/mol. The average molecular weight is 390 g/mol. The van der Waals surface area contributed by atoms with Crippen LogP contribution in [-0.4, -0.2) is 0 Å². The van der Waals surface area contributed by atoms with Crippen LogP contribution in [0.15, 0.2) is 36.4 Å². The van der Waals surface area contributed by atoms with Crippen LogP contribution in [0.2, 0.25) is 0 Å². The maximum atomic E-state index is 13.2. The van der Waals surface area contributed by atoms with Crippen molar-refractivity contribution < 1.29 is 26.3 Å². The van der Waals surface area contributed by atoms with Gasteiger partial charge in [-0.15, -0.1) is 0 Å². The second kappa shape index (κ2) is 9.29. The molecule has 0 aliphatic heterocycles. The van der Waals surface area contributed by atoms with Crippen molar-refractivity contribution in [1.82, 2.24) is 0 Å². The van der Waals surface area contributed by atoms with Gasteiger partial charge >= 0.3 is 12.4 Å². The maximum Gasteiger partial charge on any atom is 0.416 e. The first-order valence-corrected chi connectivity index (χ1v) is 8.88. The van der Waals surface area contributed by atoms with Gasteiger partial charge in [0.2, 0.25) is 0 Å². The Morgan fingerprint density at radius 1 is 0.704 bits per heavy atom. The minimum Gasteiger partial charge on any atom is -0.166 e. The van der Waals surface area contributed by atoms with E-state index in [1.54, 1.807) is 12.1 Å². The van der Waals surface area contributed by atoms with Crippen molar-refractivity contribution in [3.05, 3.63) is 69.8 Å². The van der Waals surface area contributed by atoms with Crippen LogP contribution in [0, 0.1) is 6.92 Å². The molecule has 0 aromatic heterocycles. The lowest BCUT2D eigenvalue weighted by Crippen LogP contribution is -2.15. The largest absolute Gasteiger partial charge is 0.416 e. The van der Waals surface area contributed by atoms with Crippen LogP contribution in [0.1, 0.15) is 54.2 Å². The van der Waals surface area contributed by atoms with Gasteiger partial charge in [-0.1, -0.05) is 45.0 Å². The molecule has 27 heavy (non-hydrogen) atoms. The fourth-order valence-corrected chi connectivity index (χ4v) is 2.75. The summed E-state index contributed by atoms with van der Waals surface area (Å²) in [5.41, 5.74) is -0.880. The fraction of sp³-hybridized carbons (Fsp3) is 0.429. The minimum absolute atomic E-state index is 0.107. The van der Waals surface area contributed by atoms with Gasteiger partial charge in [0.05, 0.1) is 11.1 Å². The summed E-state index contributed by atoms with van der Waals surface area (Å²) in [7, 11) is 0. The van der Waals surface area contributed by atoms with Crippen LogP contribution >= 0.6 is 0 Å². The lowest BCUT2D eigenvalue weighted by atomic mass is 9.94. The first-order valence-electron chi connectivity index (χ1n) is 8.88. The Morgan fingerprint density at radius 3 is 1.63 bits per heavy atom. The minimum atomic E-state index is -4.68. The number of benzene rings is 2. The zero-order valence-corrected chi connectivity index (χ0v) is 15.9. The van der Waals surface area contributed by atoms with Gasteiger partial charge in [-0.05, 0) is 60.6 Å². The number of rotatable bonds is 4. The maximum absolute atomic E-state index is 13.2. The molecule has 0 spiro atoms. The van der Waals surface area contributed by atoms with Gasteiger partial charge in [0.15, 0.2) is 0 Å². The highest BCUT2D eigenvalue weighted by Crippen LogP contribution is 2.39. The highest BCUT2D eigenvalue weighted by molar-refractivity contribution is 5.41. The molecule has 0 heterocycles. The van der Waals surface area contributed by atoms with E-state index < -0.39 is 29.0 Å². The summed E-state index contributed by atoms with van der Waals surface area (Å²) in [6.45, 7) is 7.03. The first kappa shape index (κ1) is 23.1. The highest BCUT2D eigenvalue weighted by atomic mass is 19.4. The predicted octanol–water partition coefficient (Wildman–Crippen LogP) is 7.41. The number of halogens is 6. The molecule has 2 aromatic carbocycles. The van der Waals surface area contributed by atoms with E-state index in [0.717, 1.165) is 24.5 Å². The number of hydrogen-bond donors (Lipinski definition) is 0. The van der Waals surface area contributed by atoms with E-state index in [4.69, 9.17) is 0 Å². The number of alkyl halides is 6. The SMILES string of the molecule is CC.CCc1ccc(CCc2cc(C(F)(F)F)c(C)cc2C(F)(F)F)cc1. The van der Waals surface area contributed by atoms with Crippen LogP contribution in [0.5, 0.6) is 0 Å². The number of aryl methyl sites for hydroxylation is 4. The zero-order valence-electron chi connectivity index (χ0n) is 15.9. The summed E-state index contributed by atoms with van der Waals surface area (Å²) >= 11 is 0. The van der Waals surface area contributed by atoms with Crippen LogP contribution < -0.4 is 0 Å². The molecule has 2 rings (SSSR count). The Labute approximate surface area is 156 Å². The second-order valence-corrected chi connectivity index (χ2v) is 5.99. The van der Waals surface area contributed by atoms with Crippen molar-refractivity contribution in [3.8, 4) is 0 Å². The van der Waals surface area contributed by atoms with Gasteiger partial charge in [0, 0.05) is 0 Å². The fourth-order valence-electron chi connectivity index (χ4n) is 2.75. The lowest BCUT2D eigenvalue weighted by molar-refractivity contribution is -0.142. The molecule has 0 N–H and O–H groups in total. The van der Waals surface area contributed by atoms with Gasteiger partial charge in [-0.2, -0.15) is 26.3 Å². The van der Waals surface area contributed by atoms with Crippen LogP contribution in [0.25, 0.3) is 0 Å². The van der Waals surface area contributed by atoms with Gasteiger partial charge in [-0.3, -0.25) is 0 Å². The third-order valence-electron chi connectivity index (χ3n) is 4.18. The van der Waals surface area contributed by atoms with Crippen molar-refractivity contribution in [1.29, 1.82) is 0 Å². The molecule has 6 heteroatoms. The molecule has 0 saturated carbocycles. The molecule has 150 valence electrons. The average Bonchev–Trinajstić information content (AvgIpc) is 2.60. The monoisotopic (exact) mass is 390 g/mol. The molecule has 0 amide bonds. The third kappa shape index (κ3) is 6.29. The molecule has 0 radical (unpaired) electrons. The Kier molecular flexibility index (Phi) is 7.93. The van der Waals surface area contributed by atoms with Crippen molar-refractivity contribution in [2.75, 3.05) is 0 Å². The van der Waals surface area contributed by atoms with Crippen LogP contribution in [-0.2, 0) is 31.6 Å². The van der Waals surface area contributed by atoms with E-state index >= 15 is 0 Å². The normalized spacial score (nSPS) is 11.8. The molecule has 0 atom stereocenters. The van der Waals surface area contributed by atoms with Gasteiger partial charge in [0.25, 0.3) is 0 Å². The van der Waals surface area contributed by atoms with Crippen LogP contribution in [0.4, 0.5) is 26.3 Å². The molecule has 0 nitrogen and oxygen atoms in total. The molecule has 0 aliphatic rings. The molecule has 0 aliphatic carbocycles. The van der Waals surface area contributed by atoms with Gasteiger partial charge < -0.3 is 0 Å². The third-order valence-corrected chi connectivity index (χ3v) is 4.18. The second-order valence-electron chi connectivity index (χ2n) is 5.99. The van der Waals surface area contributed by atoms with E-state index in [9.17, 15) is 26.3 Å². The predicted molar refractivity (Wildman–Crippen MR) is 95.8 cm³/mol. The Morgan fingerprint density at radius 2 is 1.19 bits per heavy atom. The quantitative estimate of drug-likeness (QED) is 0.477. The van der Waals surface area contributed by atoms with Gasteiger partial charge in [-0.25, -0.2) is 0 Å². The van der Waals surface area contributed by atoms with Crippen molar-refractivity contribution >= 4 is 0 Å². The van der Waals surface area contributed by atoms with Crippen molar-refractivity contribution in [2.24, 2.45) is 0 Å². The molecule has 0 saturated heterocycles. The van der Waals surface area contributed by atoms with E-state index in [1.165, 1.54) is 0 Å². The van der Waals surface area contributed by atoms with E-state index in [2.05, 4.69) is 0 Å². The summed E-state index contributed by atoms with van der Waals surface area (Å²) in [6, 6.07) is 8.57. The van der Waals surface area contributed by atoms with Crippen LogP contribution in [0.3, 0.4) is 0 Å². The van der Waals surface area contributed by atoms with E-state index in [0.29, 0.717) is 12.1 Å². The summed E-state index contributed by atoms with van der Waals surface area (Å²) < 4.78 is 78.7. The summed E-state index contributed by atoms with van der Waals surface area (Å²) in [4.78, 5) is 0. The Hall–Kier alpha value is -1.98. The molecule has 0 fully saturated rings. The summed E-state index contributed by atoms with van der Waals surface area (Å²) in [6.07, 6.45) is -8.38. The standard InChI is InChI=1S/C19H18F6.C2H6/c1-3-13-4-6-14(7-5-13)8-9-15-11-16(18(20,21)22)12(2)10-17(15)19(23,24)25;1-2/h4-7,10-11H,3,8-9H2,1-2H3;1-2H3. The lowest BCUT2D eigenvalue weighted by Gasteiger charge is -2.18. The summed E-state index contributed by atoms with van der Waals surface area (Å²) in [5, 5.41) is 0. The molecule has 2 aromatic rings. The van der Waals surface area contributed by atoms with Crippen molar-refractivity contribution in [3.63, 3.8) is 0 Å². The molecule has 0 bridgehead atoms. The van der Waals surface area contributed by atoms with Crippen molar-refractivity contribution in [2.45, 2.75) is 59.3 Å². The van der Waals surface area contributed by atoms with E-state index in [1.807, 2.05) is 32.9 Å². The molecular formula is C21H24F6. The first-order chi connectivity index (χ1) is 12.5. The zero-order chi connectivity index (χ0) is 20.8. The topological polar surface area (TPSA) is 0 Å². The Bertz CT molecular complexity index is 724. The molecule has 0 unspecified atom stereocenters. The highest BCUT2D eigenvalue weighted by Gasteiger charge is 2.38. The Balaban J connectivity index is 0.00000176. The number of hydrogen-bond acceptors (Lipinski definition) is 0. The van der Waals surface area contributed by atoms with E-state index in [-0.39, 0.29) is 18.4 Å².